The lowest BCUT2D eigenvalue weighted by Crippen LogP contribution is -2.39. The van der Waals surface area contributed by atoms with Crippen LogP contribution in [-0.4, -0.2) is 25.5 Å². The van der Waals surface area contributed by atoms with Crippen LogP contribution in [-0.2, 0) is 11.3 Å². The van der Waals surface area contributed by atoms with Crippen LogP contribution >= 0.6 is 0 Å². The van der Waals surface area contributed by atoms with Gasteiger partial charge in [-0.25, -0.2) is 9.36 Å². The topological polar surface area (TPSA) is 66.4 Å². The summed E-state index contributed by atoms with van der Waals surface area (Å²) in [4.78, 5) is 25.6. The van der Waals surface area contributed by atoms with Gasteiger partial charge in [0.1, 0.15) is 5.58 Å². The standard InChI is InChI=1S/C24H27N3O3.C2H6/c1-4-27(5-2)22-9-8-20-16-21(24(29)30-23(20)17-22)7-6-19-10-13-26(14-11-19)15-12-25-18(3)28;1-2/h6-11,13-14,16-17H,4-5,12,15H2,1-3H3;1-2H3/p+1. The molecule has 0 bridgehead atoms. The van der Waals surface area contributed by atoms with Crippen molar-refractivity contribution >= 4 is 34.7 Å². The average molecular weight is 437 g/mol. The molecule has 0 radical (unpaired) electrons. The van der Waals surface area contributed by atoms with Crippen LogP contribution in [0.1, 0.15) is 45.7 Å². The average Bonchev–Trinajstić information content (AvgIpc) is 2.80. The molecule has 0 fully saturated rings. The molecule has 3 rings (SSSR count). The van der Waals surface area contributed by atoms with E-state index in [1.54, 1.807) is 6.08 Å². The number of fused-ring (bicyclic) bond motifs is 1. The predicted molar refractivity (Wildman–Crippen MR) is 132 cm³/mol. The smallest absolute Gasteiger partial charge is 0.343 e. The molecule has 6 heteroatoms. The Balaban J connectivity index is 0.00000176. The molecule has 2 heterocycles. The van der Waals surface area contributed by atoms with Crippen molar-refractivity contribution in [3.05, 3.63) is 70.3 Å². The molecule has 2 aromatic heterocycles. The molecule has 3 aromatic rings. The molecule has 0 saturated heterocycles. The van der Waals surface area contributed by atoms with Gasteiger partial charge in [0, 0.05) is 49.3 Å². The van der Waals surface area contributed by atoms with Crippen LogP contribution in [0.2, 0.25) is 0 Å². The number of nitrogens with one attached hydrogen (secondary N) is 1. The van der Waals surface area contributed by atoms with Gasteiger partial charge in [0.25, 0.3) is 0 Å². The van der Waals surface area contributed by atoms with Crippen molar-refractivity contribution in [2.45, 2.75) is 41.2 Å². The van der Waals surface area contributed by atoms with Crippen LogP contribution in [0.15, 0.2) is 58.0 Å². The fraction of sp³-hybridized carbons (Fsp3) is 0.346. The normalized spacial score (nSPS) is 10.7. The first-order valence-corrected chi connectivity index (χ1v) is 11.2. The number of anilines is 1. The number of hydrogen-bond acceptors (Lipinski definition) is 4. The lowest BCUT2D eigenvalue weighted by molar-refractivity contribution is -0.694. The quantitative estimate of drug-likeness (QED) is 0.423. The van der Waals surface area contributed by atoms with Crippen LogP contribution < -0.4 is 20.4 Å². The third-order valence-corrected chi connectivity index (χ3v) is 4.99. The maximum absolute atomic E-state index is 12.4. The number of hydrogen-bond donors (Lipinski definition) is 1. The predicted octanol–water partition coefficient (Wildman–Crippen LogP) is 4.26. The summed E-state index contributed by atoms with van der Waals surface area (Å²) < 4.78 is 7.56. The summed E-state index contributed by atoms with van der Waals surface area (Å²) in [5.74, 6) is -0.0337. The minimum atomic E-state index is -0.350. The minimum Gasteiger partial charge on any atom is -0.422 e. The maximum atomic E-state index is 12.4. The fourth-order valence-electron chi connectivity index (χ4n) is 3.29. The highest BCUT2D eigenvalue weighted by molar-refractivity contribution is 5.83. The molecule has 1 aromatic carbocycles. The molecular formula is C26H34N3O3+. The summed E-state index contributed by atoms with van der Waals surface area (Å²) in [5, 5.41) is 3.67. The van der Waals surface area contributed by atoms with Gasteiger partial charge in [0.15, 0.2) is 18.9 Å². The van der Waals surface area contributed by atoms with E-state index in [1.807, 2.05) is 67.2 Å². The van der Waals surface area contributed by atoms with E-state index in [0.29, 0.717) is 24.2 Å². The van der Waals surface area contributed by atoms with E-state index in [9.17, 15) is 9.59 Å². The van der Waals surface area contributed by atoms with Crippen LogP contribution in [0.3, 0.4) is 0 Å². The van der Waals surface area contributed by atoms with Gasteiger partial charge >= 0.3 is 5.63 Å². The van der Waals surface area contributed by atoms with Crippen molar-refractivity contribution in [1.29, 1.82) is 0 Å². The largest absolute Gasteiger partial charge is 0.422 e. The van der Waals surface area contributed by atoms with Crippen molar-refractivity contribution in [3.63, 3.8) is 0 Å². The summed E-state index contributed by atoms with van der Waals surface area (Å²) in [5.41, 5.74) is 2.79. The SMILES string of the molecule is CC.CCN(CC)c1ccc2cc(/C=C/c3cc[n+](CCNC(C)=O)cc3)c(=O)oc2c1. The summed E-state index contributed by atoms with van der Waals surface area (Å²) in [6.45, 7) is 12.8. The Morgan fingerprint density at radius 3 is 2.38 bits per heavy atom. The Bertz CT molecular complexity index is 1100. The number of aromatic nitrogens is 1. The van der Waals surface area contributed by atoms with Crippen molar-refractivity contribution in [1.82, 2.24) is 5.32 Å². The van der Waals surface area contributed by atoms with Crippen LogP contribution in [0.5, 0.6) is 0 Å². The number of pyridine rings is 1. The second kappa shape index (κ2) is 12.4. The van der Waals surface area contributed by atoms with Gasteiger partial charge in [0.05, 0.1) is 12.1 Å². The third-order valence-electron chi connectivity index (χ3n) is 4.99. The summed E-state index contributed by atoms with van der Waals surface area (Å²) in [7, 11) is 0. The fourth-order valence-corrected chi connectivity index (χ4v) is 3.29. The Labute approximate surface area is 190 Å². The van der Waals surface area contributed by atoms with Crippen LogP contribution in [0.4, 0.5) is 5.69 Å². The summed E-state index contributed by atoms with van der Waals surface area (Å²) in [6, 6.07) is 11.8. The Morgan fingerprint density at radius 2 is 1.75 bits per heavy atom. The molecule has 32 heavy (non-hydrogen) atoms. The number of nitrogens with zero attached hydrogens (tertiary/aromatic N) is 2. The molecule has 0 aliphatic rings. The lowest BCUT2D eigenvalue weighted by atomic mass is 10.1. The van der Waals surface area contributed by atoms with Crippen LogP contribution in [0, 0.1) is 0 Å². The van der Waals surface area contributed by atoms with E-state index in [0.717, 1.165) is 29.7 Å². The number of benzene rings is 1. The van der Waals surface area contributed by atoms with E-state index in [1.165, 1.54) is 6.92 Å². The Hall–Kier alpha value is -3.41. The van der Waals surface area contributed by atoms with Gasteiger partial charge in [-0.3, -0.25) is 4.79 Å². The van der Waals surface area contributed by atoms with Crippen molar-refractivity contribution < 1.29 is 13.8 Å². The van der Waals surface area contributed by atoms with Gasteiger partial charge < -0.3 is 14.6 Å². The number of amides is 1. The van der Waals surface area contributed by atoms with E-state index in [-0.39, 0.29) is 11.5 Å². The molecule has 6 nitrogen and oxygen atoms in total. The van der Waals surface area contributed by atoms with E-state index in [4.69, 9.17) is 4.42 Å². The summed E-state index contributed by atoms with van der Waals surface area (Å²) in [6.07, 6.45) is 7.55. The van der Waals surface area contributed by atoms with Gasteiger partial charge in [0.2, 0.25) is 5.91 Å². The van der Waals surface area contributed by atoms with Crippen molar-refractivity contribution in [2.75, 3.05) is 24.5 Å². The molecule has 0 saturated carbocycles. The summed E-state index contributed by atoms with van der Waals surface area (Å²) >= 11 is 0. The second-order valence-electron chi connectivity index (χ2n) is 7.07. The molecule has 0 aliphatic carbocycles. The van der Waals surface area contributed by atoms with E-state index in [2.05, 4.69) is 30.1 Å². The van der Waals surface area contributed by atoms with Gasteiger partial charge in [-0.1, -0.05) is 19.9 Å². The number of carbonyl (C=O) groups is 1. The lowest BCUT2D eigenvalue weighted by Gasteiger charge is -2.20. The number of carbonyl (C=O) groups excluding carboxylic acids is 1. The van der Waals surface area contributed by atoms with Crippen molar-refractivity contribution in [3.8, 4) is 0 Å². The zero-order chi connectivity index (χ0) is 23.5. The molecule has 170 valence electrons. The van der Waals surface area contributed by atoms with Crippen molar-refractivity contribution in [2.24, 2.45) is 0 Å². The maximum Gasteiger partial charge on any atom is 0.343 e. The van der Waals surface area contributed by atoms with Gasteiger partial charge in [-0.05, 0) is 43.7 Å². The molecule has 1 amide bonds. The molecule has 1 N–H and O–H groups in total. The van der Waals surface area contributed by atoms with E-state index < -0.39 is 0 Å². The monoisotopic (exact) mass is 436 g/mol. The Morgan fingerprint density at radius 1 is 1.06 bits per heavy atom. The molecule has 0 aliphatic heterocycles. The molecule has 0 spiro atoms. The Kier molecular flexibility index (Phi) is 9.67. The zero-order valence-corrected chi connectivity index (χ0v) is 19.7. The highest BCUT2D eigenvalue weighted by atomic mass is 16.4. The first-order chi connectivity index (χ1) is 15.5. The highest BCUT2D eigenvalue weighted by Gasteiger charge is 2.07. The highest BCUT2D eigenvalue weighted by Crippen LogP contribution is 2.22. The zero-order valence-electron chi connectivity index (χ0n) is 19.7. The third kappa shape index (κ3) is 6.80. The molecule has 0 unspecified atom stereocenters. The molecule has 0 atom stereocenters. The minimum absolute atomic E-state index is 0.0337. The first-order valence-electron chi connectivity index (χ1n) is 11.2. The first kappa shape index (κ1) is 24.9. The van der Waals surface area contributed by atoms with Gasteiger partial charge in [-0.2, -0.15) is 0 Å². The number of rotatable bonds is 8. The molecular weight excluding hydrogens is 402 g/mol. The van der Waals surface area contributed by atoms with E-state index >= 15 is 0 Å². The van der Waals surface area contributed by atoms with Gasteiger partial charge in [-0.15, -0.1) is 0 Å². The second-order valence-corrected chi connectivity index (χ2v) is 7.07. The van der Waals surface area contributed by atoms with Crippen LogP contribution in [0.25, 0.3) is 23.1 Å².